The van der Waals surface area contributed by atoms with Gasteiger partial charge in [0, 0.05) is 21.1 Å². The van der Waals surface area contributed by atoms with Gasteiger partial charge in [-0.3, -0.25) is 4.68 Å². The molecule has 0 aliphatic carbocycles. The quantitative estimate of drug-likeness (QED) is 0.776. The SMILES string of the molecule is CN(C)CCn1ncc(Cl)c1C(O)c1ccc(Br)cc1Br. The molecule has 21 heavy (non-hydrogen) atoms. The summed E-state index contributed by atoms with van der Waals surface area (Å²) in [5.74, 6) is 0. The number of halogens is 3. The number of nitrogens with zero attached hydrogens (tertiary/aromatic N) is 3. The fourth-order valence-electron chi connectivity index (χ4n) is 1.99. The lowest BCUT2D eigenvalue weighted by atomic mass is 10.1. The fraction of sp³-hybridized carbons (Fsp3) is 0.357. The highest BCUT2D eigenvalue weighted by Crippen LogP contribution is 2.33. The van der Waals surface area contributed by atoms with Gasteiger partial charge < -0.3 is 10.0 Å². The third-order valence-corrected chi connectivity index (χ3v) is 4.58. The zero-order valence-corrected chi connectivity index (χ0v) is 15.7. The summed E-state index contributed by atoms with van der Waals surface area (Å²) in [5.41, 5.74) is 1.37. The molecular formula is C14H16Br2ClN3O. The zero-order valence-electron chi connectivity index (χ0n) is 11.7. The van der Waals surface area contributed by atoms with Crippen LogP contribution < -0.4 is 0 Å². The van der Waals surface area contributed by atoms with Gasteiger partial charge in [-0.25, -0.2) is 0 Å². The molecule has 1 N–H and O–H groups in total. The second kappa shape index (κ2) is 7.24. The minimum absolute atomic E-state index is 0.469. The Bertz CT molecular complexity index is 631. The van der Waals surface area contributed by atoms with Crippen LogP contribution in [0.5, 0.6) is 0 Å². The Morgan fingerprint density at radius 1 is 1.38 bits per heavy atom. The van der Waals surface area contributed by atoms with E-state index in [-0.39, 0.29) is 0 Å². The lowest BCUT2D eigenvalue weighted by Crippen LogP contribution is -2.21. The maximum absolute atomic E-state index is 10.7. The van der Waals surface area contributed by atoms with Crippen molar-refractivity contribution in [2.45, 2.75) is 12.6 Å². The third-order valence-electron chi connectivity index (χ3n) is 3.11. The van der Waals surface area contributed by atoms with Crippen LogP contribution in [0.4, 0.5) is 0 Å². The normalized spacial score (nSPS) is 12.9. The largest absolute Gasteiger partial charge is 0.382 e. The zero-order chi connectivity index (χ0) is 15.6. The highest BCUT2D eigenvalue weighted by Gasteiger charge is 2.22. The van der Waals surface area contributed by atoms with Crippen LogP contribution in [0.15, 0.2) is 33.3 Å². The van der Waals surface area contributed by atoms with Crippen LogP contribution in [0.2, 0.25) is 5.02 Å². The second-order valence-electron chi connectivity index (χ2n) is 4.97. The first kappa shape index (κ1) is 17.0. The van der Waals surface area contributed by atoms with Crippen molar-refractivity contribution in [1.82, 2.24) is 14.7 Å². The van der Waals surface area contributed by atoms with Gasteiger partial charge in [-0.05, 0) is 26.2 Å². The van der Waals surface area contributed by atoms with Gasteiger partial charge in [0.25, 0.3) is 0 Å². The smallest absolute Gasteiger partial charge is 0.123 e. The van der Waals surface area contributed by atoms with Crippen molar-refractivity contribution >= 4 is 43.5 Å². The van der Waals surface area contributed by atoms with E-state index in [2.05, 4.69) is 41.9 Å². The molecule has 0 radical (unpaired) electrons. The van der Waals surface area contributed by atoms with E-state index in [4.69, 9.17) is 11.6 Å². The Balaban J connectivity index is 2.34. The number of benzene rings is 1. The standard InChI is InChI=1S/C14H16Br2ClN3O/c1-19(2)5-6-20-13(12(17)8-18-20)14(21)10-4-3-9(15)7-11(10)16/h3-4,7-8,14,21H,5-6H2,1-2H3. The predicted molar refractivity (Wildman–Crippen MR) is 91.7 cm³/mol. The number of aromatic nitrogens is 2. The molecule has 1 aromatic carbocycles. The number of rotatable bonds is 5. The Hall–Kier alpha value is -0.400. The van der Waals surface area contributed by atoms with Gasteiger partial charge in [-0.15, -0.1) is 0 Å². The van der Waals surface area contributed by atoms with Gasteiger partial charge in [0.2, 0.25) is 0 Å². The van der Waals surface area contributed by atoms with Gasteiger partial charge in [0.15, 0.2) is 0 Å². The molecule has 0 spiro atoms. The minimum atomic E-state index is -0.829. The maximum Gasteiger partial charge on any atom is 0.123 e. The highest BCUT2D eigenvalue weighted by atomic mass is 79.9. The average Bonchev–Trinajstić information content (AvgIpc) is 2.77. The van der Waals surface area contributed by atoms with Crippen molar-refractivity contribution in [2.24, 2.45) is 0 Å². The van der Waals surface area contributed by atoms with E-state index < -0.39 is 6.10 Å². The molecule has 0 amide bonds. The first-order valence-electron chi connectivity index (χ1n) is 6.39. The van der Waals surface area contributed by atoms with Crippen molar-refractivity contribution < 1.29 is 5.11 Å². The molecule has 4 nitrogen and oxygen atoms in total. The van der Waals surface area contributed by atoms with E-state index in [1.54, 1.807) is 10.9 Å². The number of likely N-dealkylation sites (N-methyl/N-ethyl adjacent to an activating group) is 1. The lowest BCUT2D eigenvalue weighted by Gasteiger charge is -2.17. The molecule has 1 unspecified atom stereocenters. The molecule has 0 aliphatic heterocycles. The number of aliphatic hydroxyl groups excluding tert-OH is 1. The fourth-order valence-corrected chi connectivity index (χ4v) is 3.50. The Kier molecular flexibility index (Phi) is 5.85. The van der Waals surface area contributed by atoms with Gasteiger partial charge in [-0.1, -0.05) is 49.5 Å². The highest BCUT2D eigenvalue weighted by molar-refractivity contribution is 9.11. The molecule has 2 aromatic rings. The van der Waals surface area contributed by atoms with E-state index in [1.807, 2.05) is 32.3 Å². The summed E-state index contributed by atoms with van der Waals surface area (Å²) >= 11 is 13.1. The van der Waals surface area contributed by atoms with Gasteiger partial charge in [0.1, 0.15) is 6.10 Å². The van der Waals surface area contributed by atoms with Crippen LogP contribution >= 0.6 is 43.5 Å². The van der Waals surface area contributed by atoms with Crippen molar-refractivity contribution in [3.63, 3.8) is 0 Å². The molecule has 114 valence electrons. The third kappa shape index (κ3) is 4.07. The van der Waals surface area contributed by atoms with E-state index in [0.717, 1.165) is 21.1 Å². The van der Waals surface area contributed by atoms with Gasteiger partial charge in [-0.2, -0.15) is 5.10 Å². The average molecular weight is 438 g/mol. The topological polar surface area (TPSA) is 41.3 Å². The number of hydrogen-bond acceptors (Lipinski definition) is 3. The van der Waals surface area contributed by atoms with Crippen molar-refractivity contribution in [3.8, 4) is 0 Å². The van der Waals surface area contributed by atoms with Crippen LogP contribution in [0, 0.1) is 0 Å². The predicted octanol–water partition coefficient (Wildman–Crippen LogP) is 3.70. The van der Waals surface area contributed by atoms with E-state index in [1.165, 1.54) is 0 Å². The minimum Gasteiger partial charge on any atom is -0.382 e. The first-order chi connectivity index (χ1) is 9.90. The van der Waals surface area contributed by atoms with Crippen LogP contribution in [0.1, 0.15) is 17.4 Å². The van der Waals surface area contributed by atoms with Crippen LogP contribution in [0.25, 0.3) is 0 Å². The molecule has 1 heterocycles. The second-order valence-corrected chi connectivity index (χ2v) is 7.15. The molecule has 7 heteroatoms. The lowest BCUT2D eigenvalue weighted by molar-refractivity contribution is 0.205. The van der Waals surface area contributed by atoms with Crippen LogP contribution in [-0.4, -0.2) is 40.4 Å². The molecule has 2 rings (SSSR count). The molecule has 1 aromatic heterocycles. The number of aliphatic hydroxyl groups is 1. The molecule has 0 saturated carbocycles. The van der Waals surface area contributed by atoms with Gasteiger partial charge >= 0.3 is 0 Å². The van der Waals surface area contributed by atoms with Crippen molar-refractivity contribution in [3.05, 3.63) is 49.6 Å². The molecular weight excluding hydrogens is 421 g/mol. The summed E-state index contributed by atoms with van der Waals surface area (Å²) < 4.78 is 3.51. The molecule has 0 aliphatic rings. The van der Waals surface area contributed by atoms with Crippen LogP contribution in [0.3, 0.4) is 0 Å². The van der Waals surface area contributed by atoms with E-state index >= 15 is 0 Å². The summed E-state index contributed by atoms with van der Waals surface area (Å²) in [5, 5.41) is 15.4. The first-order valence-corrected chi connectivity index (χ1v) is 8.35. The Morgan fingerprint density at radius 2 is 2.10 bits per heavy atom. The van der Waals surface area contributed by atoms with E-state index in [9.17, 15) is 5.11 Å². The van der Waals surface area contributed by atoms with Crippen molar-refractivity contribution in [2.75, 3.05) is 20.6 Å². The van der Waals surface area contributed by atoms with Crippen molar-refractivity contribution in [1.29, 1.82) is 0 Å². The molecule has 0 fully saturated rings. The Labute approximate surface area is 146 Å². The summed E-state index contributed by atoms with van der Waals surface area (Å²) in [4.78, 5) is 2.06. The molecule has 0 bridgehead atoms. The summed E-state index contributed by atoms with van der Waals surface area (Å²) in [7, 11) is 3.99. The van der Waals surface area contributed by atoms with Gasteiger partial charge in [0.05, 0.1) is 23.5 Å². The summed E-state index contributed by atoms with van der Waals surface area (Å²) in [6, 6.07) is 5.64. The monoisotopic (exact) mass is 435 g/mol. The molecule has 1 atom stereocenters. The van der Waals surface area contributed by atoms with E-state index in [0.29, 0.717) is 17.3 Å². The molecule has 0 saturated heterocycles. The summed E-state index contributed by atoms with van der Waals surface area (Å²) in [6.45, 7) is 1.49. The number of hydrogen-bond donors (Lipinski definition) is 1. The van der Waals surface area contributed by atoms with Crippen LogP contribution in [-0.2, 0) is 6.54 Å². The summed E-state index contributed by atoms with van der Waals surface area (Å²) in [6.07, 6.45) is 0.743. The maximum atomic E-state index is 10.7. The Morgan fingerprint density at radius 3 is 2.71 bits per heavy atom.